The van der Waals surface area contributed by atoms with Gasteiger partial charge in [0.05, 0.1) is 0 Å². The van der Waals surface area contributed by atoms with E-state index in [0.717, 1.165) is 23.4 Å². The number of aromatic nitrogens is 2. The molecule has 2 rings (SSSR count). The average molecular weight is 195 g/mol. The van der Waals surface area contributed by atoms with E-state index in [-0.39, 0.29) is 0 Å². The molecule has 0 saturated carbocycles. The van der Waals surface area contributed by atoms with Gasteiger partial charge in [-0.3, -0.25) is 0 Å². The van der Waals surface area contributed by atoms with Gasteiger partial charge in [0.25, 0.3) is 0 Å². The Labute approximate surface area is 89.3 Å². The van der Waals surface area contributed by atoms with Crippen molar-refractivity contribution in [1.29, 1.82) is 0 Å². The Morgan fingerprint density at radius 3 is 2.47 bits per heavy atom. The van der Waals surface area contributed by atoms with Crippen LogP contribution in [-0.2, 0) is 6.42 Å². The highest BCUT2D eigenvalue weighted by atomic mass is 14.9. The average Bonchev–Trinajstić information content (AvgIpc) is 2.32. The van der Waals surface area contributed by atoms with Gasteiger partial charge in [0.2, 0.25) is 0 Å². The summed E-state index contributed by atoms with van der Waals surface area (Å²) in [5.74, 6) is 0.747. The molecule has 0 spiro atoms. The Morgan fingerprint density at radius 2 is 1.87 bits per heavy atom. The lowest BCUT2D eigenvalue weighted by molar-refractivity contribution is 1.10. The van der Waals surface area contributed by atoms with Crippen LogP contribution in [0.15, 0.2) is 49.3 Å². The number of nitrogens with zero attached hydrogens (tertiary/aromatic N) is 2. The first kappa shape index (κ1) is 9.59. The molecule has 0 aliphatic heterocycles. The zero-order valence-corrected chi connectivity index (χ0v) is 8.35. The highest BCUT2D eigenvalue weighted by Crippen LogP contribution is 2.12. The van der Waals surface area contributed by atoms with E-state index in [1.807, 2.05) is 42.7 Å². The molecular weight excluding hydrogens is 184 g/mol. The van der Waals surface area contributed by atoms with Crippen molar-refractivity contribution in [2.24, 2.45) is 0 Å². The number of hydrogen-bond acceptors (Lipinski definition) is 2. The number of rotatable bonds is 3. The van der Waals surface area contributed by atoms with Crippen molar-refractivity contribution in [3.8, 4) is 11.4 Å². The maximum Gasteiger partial charge on any atom is 0.159 e. The van der Waals surface area contributed by atoms with E-state index in [1.165, 1.54) is 0 Å². The normalized spacial score (nSPS) is 9.87. The highest BCUT2D eigenvalue weighted by molar-refractivity contribution is 5.53. The van der Waals surface area contributed by atoms with Crippen LogP contribution in [-0.4, -0.2) is 9.97 Å². The van der Waals surface area contributed by atoms with Gasteiger partial charge in [-0.2, -0.15) is 0 Å². The molecule has 2 aromatic rings. The van der Waals surface area contributed by atoms with Gasteiger partial charge in [0.1, 0.15) is 0 Å². The molecule has 0 atom stereocenters. The third-order valence-electron chi connectivity index (χ3n) is 2.06. The smallest absolute Gasteiger partial charge is 0.159 e. The lowest BCUT2D eigenvalue weighted by Gasteiger charge is -2.00. The Balaban J connectivity index is 2.28. The Hall–Kier alpha value is -1.96. The highest BCUT2D eigenvalue weighted by Gasteiger charge is 1.99. The summed E-state index contributed by atoms with van der Waals surface area (Å²) < 4.78 is 0. The lowest BCUT2D eigenvalue weighted by Crippen LogP contribution is -1.91. The first-order valence-electron chi connectivity index (χ1n) is 4.78. The molecule has 0 amide bonds. The van der Waals surface area contributed by atoms with E-state index in [9.17, 15) is 0 Å². The predicted octanol–water partition coefficient (Wildman–Crippen LogP) is 2.67. The minimum Gasteiger partial charge on any atom is -0.236 e. The molecular formula is C13H11N2. The van der Waals surface area contributed by atoms with Crippen LogP contribution < -0.4 is 0 Å². The summed E-state index contributed by atoms with van der Waals surface area (Å²) in [5, 5.41) is 0. The van der Waals surface area contributed by atoms with Crippen molar-refractivity contribution < 1.29 is 0 Å². The van der Waals surface area contributed by atoms with Crippen molar-refractivity contribution in [3.63, 3.8) is 0 Å². The maximum absolute atomic E-state index is 4.29. The van der Waals surface area contributed by atoms with Crippen molar-refractivity contribution in [2.45, 2.75) is 6.42 Å². The van der Waals surface area contributed by atoms with Gasteiger partial charge < -0.3 is 0 Å². The van der Waals surface area contributed by atoms with Crippen LogP contribution in [0.25, 0.3) is 11.4 Å². The van der Waals surface area contributed by atoms with Gasteiger partial charge >= 0.3 is 0 Å². The van der Waals surface area contributed by atoms with Crippen LogP contribution in [0.4, 0.5) is 0 Å². The van der Waals surface area contributed by atoms with Crippen LogP contribution >= 0.6 is 0 Å². The summed E-state index contributed by atoms with van der Waals surface area (Å²) in [4.78, 5) is 8.59. The third-order valence-corrected chi connectivity index (χ3v) is 2.06. The monoisotopic (exact) mass is 195 g/mol. The van der Waals surface area contributed by atoms with Gasteiger partial charge in [-0.05, 0) is 18.1 Å². The summed E-state index contributed by atoms with van der Waals surface area (Å²) in [6, 6.07) is 10.6. The van der Waals surface area contributed by atoms with Crippen molar-refractivity contribution in [3.05, 3.63) is 60.9 Å². The van der Waals surface area contributed by atoms with Crippen LogP contribution in [0.2, 0.25) is 0 Å². The molecule has 1 heterocycles. The van der Waals surface area contributed by atoms with Gasteiger partial charge in [-0.1, -0.05) is 30.3 Å². The molecule has 15 heavy (non-hydrogen) atoms. The third kappa shape index (κ3) is 2.29. The molecule has 0 fully saturated rings. The first-order chi connectivity index (χ1) is 7.40. The lowest BCUT2D eigenvalue weighted by atomic mass is 10.2. The van der Waals surface area contributed by atoms with Gasteiger partial charge in [0, 0.05) is 18.0 Å². The van der Waals surface area contributed by atoms with E-state index in [4.69, 9.17) is 0 Å². The maximum atomic E-state index is 4.29. The standard InChI is InChI=1S/C13H11N2/c1-2-6-11-9-14-13(15-10-11)12-7-4-3-5-8-12/h2,4-5,7-10H,1,6H2. The van der Waals surface area contributed by atoms with Gasteiger partial charge in [-0.25, -0.2) is 9.97 Å². The molecule has 1 radical (unpaired) electrons. The minimum absolute atomic E-state index is 0.747. The molecule has 1 aromatic heterocycles. The summed E-state index contributed by atoms with van der Waals surface area (Å²) in [6.45, 7) is 3.68. The first-order valence-corrected chi connectivity index (χ1v) is 4.78. The molecule has 0 aliphatic carbocycles. The Bertz CT molecular complexity index is 432. The molecule has 0 bridgehead atoms. The van der Waals surface area contributed by atoms with Crippen LogP contribution in [0.3, 0.4) is 0 Å². The second-order valence-electron chi connectivity index (χ2n) is 3.20. The van der Waals surface area contributed by atoms with Crippen molar-refractivity contribution in [1.82, 2.24) is 9.97 Å². The summed E-state index contributed by atoms with van der Waals surface area (Å²) >= 11 is 0. The second kappa shape index (κ2) is 4.51. The molecule has 2 heteroatoms. The Kier molecular flexibility index (Phi) is 2.88. The zero-order valence-electron chi connectivity index (χ0n) is 8.35. The van der Waals surface area contributed by atoms with E-state index in [2.05, 4.69) is 22.6 Å². The van der Waals surface area contributed by atoms with Gasteiger partial charge in [0.15, 0.2) is 5.82 Å². The number of benzene rings is 1. The largest absolute Gasteiger partial charge is 0.236 e. The minimum atomic E-state index is 0.747. The quantitative estimate of drug-likeness (QED) is 0.704. The second-order valence-corrected chi connectivity index (χ2v) is 3.20. The topological polar surface area (TPSA) is 25.8 Å². The fourth-order valence-corrected chi connectivity index (χ4v) is 1.31. The fraction of sp³-hybridized carbons (Fsp3) is 0.0769. The molecule has 2 nitrogen and oxygen atoms in total. The number of allylic oxidation sites excluding steroid dienone is 1. The summed E-state index contributed by atoms with van der Waals surface area (Å²) in [7, 11) is 0. The SMILES string of the molecule is C=CCc1cnc(-c2cc[c]cc2)nc1. The van der Waals surface area contributed by atoms with Gasteiger partial charge in [-0.15, -0.1) is 6.58 Å². The van der Waals surface area contributed by atoms with Crippen molar-refractivity contribution >= 4 is 0 Å². The van der Waals surface area contributed by atoms with Crippen LogP contribution in [0, 0.1) is 6.07 Å². The summed E-state index contributed by atoms with van der Waals surface area (Å²) in [6.07, 6.45) is 6.32. The van der Waals surface area contributed by atoms with Crippen LogP contribution in [0.1, 0.15) is 5.56 Å². The van der Waals surface area contributed by atoms with E-state index in [1.54, 1.807) is 0 Å². The van der Waals surface area contributed by atoms with E-state index >= 15 is 0 Å². The molecule has 73 valence electrons. The Morgan fingerprint density at radius 1 is 1.20 bits per heavy atom. The van der Waals surface area contributed by atoms with E-state index in [0.29, 0.717) is 0 Å². The zero-order chi connectivity index (χ0) is 10.5. The van der Waals surface area contributed by atoms with Crippen LogP contribution in [0.5, 0.6) is 0 Å². The predicted molar refractivity (Wildman–Crippen MR) is 60.2 cm³/mol. The van der Waals surface area contributed by atoms with Crippen molar-refractivity contribution in [2.75, 3.05) is 0 Å². The molecule has 0 saturated heterocycles. The number of hydrogen-bond donors (Lipinski definition) is 0. The van der Waals surface area contributed by atoms with E-state index < -0.39 is 0 Å². The molecule has 1 aromatic carbocycles. The molecule has 0 N–H and O–H groups in total. The summed E-state index contributed by atoms with van der Waals surface area (Å²) in [5.41, 5.74) is 2.09. The molecule has 0 aliphatic rings. The fourth-order valence-electron chi connectivity index (χ4n) is 1.31. The molecule has 0 unspecified atom stereocenters.